The molecule has 0 spiro atoms. The number of azo groups is 4. The smallest absolute Gasteiger partial charge is 0.296 e. The van der Waals surface area contributed by atoms with Crippen molar-refractivity contribution in [2.24, 2.45) is 40.9 Å². The molecule has 0 radical (unpaired) electrons. The molecule has 8 rings (SSSR count). The van der Waals surface area contributed by atoms with E-state index in [2.05, 4.69) is 46.2 Å². The summed E-state index contributed by atoms with van der Waals surface area (Å²) in [5.41, 5.74) is 21.9. The van der Waals surface area contributed by atoms with Crippen LogP contribution in [-0.4, -0.2) is 62.1 Å². The number of hydrogen-bond donors (Lipinski definition) is 11. The second kappa shape index (κ2) is 19.7. The first-order valence-electron chi connectivity index (χ1n) is 20.7. The van der Waals surface area contributed by atoms with Crippen LogP contribution in [0.5, 0.6) is 11.5 Å². The standard InChI is InChI=1S/C44H35N13O14S4/c45-23-1-9-33(31(47)17-23)52-54-35-11-5-27(19-37(35)72(60,61)62)50-56-41-39(74(66,67)68)15-21-13-25(3-7-29(21)43(41)58)49-26-4-8-30-22(14-26)16-40(75(69,70)71)42(44(30)59)57-51-28-6-12-36(38(20-28)73(63,64)65)55-53-34-10-2-24(46)18-32(34)48/h1-20,49,58-59H,45-48H2,(H,60,61,62)(H,63,64,65)(H,66,67,68)(H,69,70,71). The highest BCUT2D eigenvalue weighted by Crippen LogP contribution is 2.45. The number of hydrogen-bond acceptors (Lipinski definition) is 23. The third-order valence-corrected chi connectivity index (χ3v) is 14.1. The second-order valence-corrected chi connectivity index (χ2v) is 21.3. The van der Waals surface area contributed by atoms with E-state index >= 15 is 0 Å². The molecule has 0 amide bonds. The molecule has 0 atom stereocenters. The number of nitrogens with one attached hydrogen (secondary N) is 1. The van der Waals surface area contributed by atoms with Gasteiger partial charge in [-0.25, -0.2) is 0 Å². The molecule has 384 valence electrons. The zero-order valence-corrected chi connectivity index (χ0v) is 40.8. The highest BCUT2D eigenvalue weighted by atomic mass is 32.2. The van der Waals surface area contributed by atoms with Crippen LogP contribution in [0.25, 0.3) is 21.5 Å². The topological polar surface area (TPSA) is 473 Å². The van der Waals surface area contributed by atoms with E-state index in [1.807, 2.05) is 0 Å². The Bertz CT molecular complexity index is 4040. The Kier molecular flexibility index (Phi) is 13.8. The fraction of sp³-hybridized carbons (Fsp3) is 0. The second-order valence-electron chi connectivity index (χ2n) is 15.8. The van der Waals surface area contributed by atoms with Crippen molar-refractivity contribution in [3.05, 3.63) is 121 Å². The summed E-state index contributed by atoms with van der Waals surface area (Å²) in [6, 6.07) is 24.9. The Morgan fingerprint density at radius 1 is 0.360 bits per heavy atom. The van der Waals surface area contributed by atoms with Gasteiger partial charge >= 0.3 is 0 Å². The van der Waals surface area contributed by atoms with Crippen molar-refractivity contribution in [3.8, 4) is 11.5 Å². The lowest BCUT2D eigenvalue weighted by Gasteiger charge is -2.13. The van der Waals surface area contributed by atoms with Gasteiger partial charge in [0.05, 0.1) is 22.7 Å². The number of benzene rings is 8. The molecule has 0 aromatic heterocycles. The average Bonchev–Trinajstić information content (AvgIpc) is 3.31. The van der Waals surface area contributed by atoms with Gasteiger partial charge in [0, 0.05) is 33.5 Å². The van der Waals surface area contributed by atoms with Crippen LogP contribution in [0.4, 0.5) is 79.6 Å². The normalized spacial score (nSPS) is 12.8. The van der Waals surface area contributed by atoms with Gasteiger partial charge in [0.15, 0.2) is 11.5 Å². The summed E-state index contributed by atoms with van der Waals surface area (Å²) in [6.07, 6.45) is 0. The minimum atomic E-state index is -5.16. The quantitative estimate of drug-likeness (QED) is 0.0274. The molecule has 8 aromatic rings. The van der Waals surface area contributed by atoms with Gasteiger partial charge < -0.3 is 38.5 Å². The number of anilines is 6. The van der Waals surface area contributed by atoms with Crippen molar-refractivity contribution in [2.75, 3.05) is 28.3 Å². The fourth-order valence-electron chi connectivity index (χ4n) is 7.08. The van der Waals surface area contributed by atoms with E-state index in [-0.39, 0.29) is 78.4 Å². The van der Waals surface area contributed by atoms with Crippen molar-refractivity contribution in [3.63, 3.8) is 0 Å². The summed E-state index contributed by atoms with van der Waals surface area (Å²) < 4.78 is 140. The van der Waals surface area contributed by atoms with Crippen LogP contribution in [-0.2, 0) is 40.5 Å². The minimum Gasteiger partial charge on any atom is -0.505 e. The van der Waals surface area contributed by atoms with E-state index in [0.717, 1.165) is 36.4 Å². The van der Waals surface area contributed by atoms with Gasteiger partial charge in [-0.2, -0.15) is 43.9 Å². The Morgan fingerprint density at radius 3 is 1.05 bits per heavy atom. The number of phenols is 2. The Labute approximate surface area is 423 Å². The predicted octanol–water partition coefficient (Wildman–Crippen LogP) is 10.1. The Hall–Kier alpha value is -9.08. The Morgan fingerprint density at radius 2 is 0.707 bits per heavy atom. The molecule has 0 heterocycles. The molecule has 0 fully saturated rings. The van der Waals surface area contributed by atoms with Crippen molar-refractivity contribution in [2.45, 2.75) is 19.6 Å². The molecule has 8 aromatic carbocycles. The molecule has 31 heteroatoms. The van der Waals surface area contributed by atoms with E-state index in [4.69, 9.17) is 22.9 Å². The molecule has 27 nitrogen and oxygen atoms in total. The maximum Gasteiger partial charge on any atom is 0.296 e. The molecule has 0 unspecified atom stereocenters. The summed E-state index contributed by atoms with van der Waals surface area (Å²) in [5, 5.41) is 56.4. The maximum atomic E-state index is 12.7. The van der Waals surface area contributed by atoms with Crippen LogP contribution in [0.1, 0.15) is 0 Å². The van der Waals surface area contributed by atoms with Crippen LogP contribution < -0.4 is 28.3 Å². The first kappa shape index (κ1) is 52.2. The van der Waals surface area contributed by atoms with Gasteiger partial charge in [-0.15, -0.1) is 30.7 Å². The van der Waals surface area contributed by atoms with E-state index in [0.29, 0.717) is 11.4 Å². The van der Waals surface area contributed by atoms with Crippen molar-refractivity contribution in [1.82, 2.24) is 0 Å². The Balaban J connectivity index is 1.08. The number of aromatic hydroxyl groups is 2. The molecule has 0 saturated heterocycles. The summed E-state index contributed by atoms with van der Waals surface area (Å²) in [7, 11) is -20.3. The van der Waals surface area contributed by atoms with E-state index in [1.54, 1.807) is 0 Å². The third kappa shape index (κ3) is 11.6. The molecule has 0 saturated carbocycles. The molecule has 0 aliphatic rings. The molecule has 0 aliphatic heterocycles. The van der Waals surface area contributed by atoms with E-state index in [9.17, 15) is 62.1 Å². The number of fused-ring (bicyclic) bond motifs is 2. The number of phenolic OH excluding ortho intramolecular Hbond substituents is 2. The van der Waals surface area contributed by atoms with Gasteiger partial charge in [-0.05, 0) is 132 Å². The van der Waals surface area contributed by atoms with E-state index < -0.39 is 82.9 Å². The molecule has 0 aliphatic carbocycles. The summed E-state index contributed by atoms with van der Waals surface area (Å²) in [4.78, 5) is -3.43. The first-order valence-corrected chi connectivity index (χ1v) is 26.4. The number of nitrogens with two attached hydrogens (primary N) is 4. The minimum absolute atomic E-state index is 0.0161. The van der Waals surface area contributed by atoms with Crippen molar-refractivity contribution in [1.29, 1.82) is 0 Å². The highest BCUT2D eigenvalue weighted by molar-refractivity contribution is 7.86. The monoisotopic (exact) mass is 1100 g/mol. The molecular weight excluding hydrogens is 1060 g/mol. The van der Waals surface area contributed by atoms with Crippen LogP contribution >= 0.6 is 0 Å². The lowest BCUT2D eigenvalue weighted by atomic mass is 10.1. The lowest BCUT2D eigenvalue weighted by Crippen LogP contribution is -2.00. The number of nitrogen functional groups attached to an aromatic ring is 4. The molecule has 0 bridgehead atoms. The first-order chi connectivity index (χ1) is 35.1. The summed E-state index contributed by atoms with van der Waals surface area (Å²) in [5.74, 6) is -1.58. The largest absolute Gasteiger partial charge is 0.505 e. The lowest BCUT2D eigenvalue weighted by molar-refractivity contribution is 0.471. The molecule has 15 N–H and O–H groups in total. The van der Waals surface area contributed by atoms with Gasteiger partial charge in [0.2, 0.25) is 0 Å². The van der Waals surface area contributed by atoms with Gasteiger partial charge in [0.25, 0.3) is 40.5 Å². The van der Waals surface area contributed by atoms with Gasteiger partial charge in [-0.3, -0.25) is 18.2 Å². The zero-order chi connectivity index (χ0) is 54.4. The third-order valence-electron chi connectivity index (χ3n) is 10.6. The van der Waals surface area contributed by atoms with Crippen LogP contribution in [0.2, 0.25) is 0 Å². The van der Waals surface area contributed by atoms with Crippen LogP contribution in [0.3, 0.4) is 0 Å². The average molecular weight is 1100 g/mol. The SMILES string of the molecule is Nc1ccc(N=Nc2ccc(N=Nc3c(S(=O)(=O)O)cc4cc(Nc5ccc6c(O)c(N=Nc7ccc(N=Nc8ccc(N)cc8N)c(S(=O)(=O)O)c7)c(S(=O)(=O)O)cc6c5)ccc4c3O)cc2S(=O)(=O)O)c(N)c1. The molecule has 75 heavy (non-hydrogen) atoms. The highest BCUT2D eigenvalue weighted by Gasteiger charge is 2.25. The maximum absolute atomic E-state index is 12.7. The number of rotatable bonds is 14. The summed E-state index contributed by atoms with van der Waals surface area (Å²) in [6.45, 7) is 0. The van der Waals surface area contributed by atoms with Crippen molar-refractivity contribution >= 4 is 142 Å². The number of nitrogens with zero attached hydrogens (tertiary/aromatic N) is 8. The van der Waals surface area contributed by atoms with E-state index in [1.165, 1.54) is 84.9 Å². The van der Waals surface area contributed by atoms with Crippen molar-refractivity contribution < 1.29 is 62.1 Å². The summed E-state index contributed by atoms with van der Waals surface area (Å²) >= 11 is 0. The van der Waals surface area contributed by atoms with Crippen LogP contribution in [0, 0.1) is 0 Å². The zero-order valence-electron chi connectivity index (χ0n) is 37.5. The van der Waals surface area contributed by atoms with Gasteiger partial charge in [-0.1, -0.05) is 0 Å². The van der Waals surface area contributed by atoms with Crippen LogP contribution in [0.15, 0.2) is 182 Å². The van der Waals surface area contributed by atoms with Gasteiger partial charge in [0.1, 0.15) is 53.7 Å². The predicted molar refractivity (Wildman–Crippen MR) is 274 cm³/mol. The fourth-order valence-corrected chi connectivity index (χ4v) is 9.68. The molecular formula is C44H35N13O14S4.